The number of hydrogen-bond donors (Lipinski definition) is 1. The summed E-state index contributed by atoms with van der Waals surface area (Å²) in [5.41, 5.74) is 6.47. The van der Waals surface area contributed by atoms with Crippen LogP contribution in [0.1, 0.15) is 37.8 Å². The minimum absolute atomic E-state index is 0.144. The fourth-order valence-corrected chi connectivity index (χ4v) is 1.66. The summed E-state index contributed by atoms with van der Waals surface area (Å²) in [5.74, 6) is 0.835. The van der Waals surface area contributed by atoms with Crippen molar-refractivity contribution in [3.05, 3.63) is 29.6 Å². The Balaban J connectivity index is 1.92. The molecule has 88 valence electrons. The van der Waals surface area contributed by atoms with Crippen LogP contribution in [0.25, 0.3) is 0 Å². The highest BCUT2D eigenvalue weighted by Crippen LogP contribution is 2.32. The molecule has 1 saturated carbocycles. The third-order valence-electron chi connectivity index (χ3n) is 2.96. The van der Waals surface area contributed by atoms with E-state index in [2.05, 4.69) is 0 Å². The number of hydrogen-bond acceptors (Lipinski definition) is 2. The highest BCUT2D eigenvalue weighted by Gasteiger charge is 2.20. The molecule has 1 aromatic rings. The Morgan fingerprint density at radius 2 is 2.25 bits per heavy atom. The molecule has 0 heterocycles. The highest BCUT2D eigenvalue weighted by molar-refractivity contribution is 5.30. The Bertz CT molecular complexity index is 361. The van der Waals surface area contributed by atoms with Crippen LogP contribution in [0.2, 0.25) is 0 Å². The molecule has 0 bridgehead atoms. The van der Waals surface area contributed by atoms with E-state index in [1.807, 2.05) is 13.0 Å². The van der Waals surface area contributed by atoms with Crippen LogP contribution < -0.4 is 10.5 Å². The second-order valence-corrected chi connectivity index (χ2v) is 4.56. The van der Waals surface area contributed by atoms with Crippen LogP contribution in [-0.4, -0.2) is 6.61 Å². The molecule has 0 radical (unpaired) electrons. The molecule has 1 aliphatic carbocycles. The van der Waals surface area contributed by atoms with Crippen molar-refractivity contribution in [2.24, 2.45) is 11.7 Å². The van der Waals surface area contributed by atoms with Crippen molar-refractivity contribution in [2.75, 3.05) is 6.61 Å². The molecule has 0 spiro atoms. The lowest BCUT2D eigenvalue weighted by Crippen LogP contribution is -2.06. The molecule has 0 aromatic heterocycles. The van der Waals surface area contributed by atoms with Gasteiger partial charge < -0.3 is 10.5 Å². The van der Waals surface area contributed by atoms with Crippen molar-refractivity contribution in [1.82, 2.24) is 0 Å². The maximum atomic E-state index is 13.6. The van der Waals surface area contributed by atoms with Gasteiger partial charge in [-0.2, -0.15) is 0 Å². The van der Waals surface area contributed by atoms with Gasteiger partial charge in [0.1, 0.15) is 0 Å². The molecule has 1 atom stereocenters. The Morgan fingerprint density at radius 3 is 2.81 bits per heavy atom. The molecule has 2 rings (SSSR count). The molecule has 1 aliphatic rings. The van der Waals surface area contributed by atoms with Crippen molar-refractivity contribution >= 4 is 0 Å². The number of benzene rings is 1. The number of rotatable bonds is 5. The van der Waals surface area contributed by atoms with Crippen molar-refractivity contribution in [1.29, 1.82) is 0 Å². The second-order valence-electron chi connectivity index (χ2n) is 4.56. The van der Waals surface area contributed by atoms with Gasteiger partial charge in [0, 0.05) is 6.04 Å². The number of halogens is 1. The molecule has 2 nitrogen and oxygen atoms in total. The maximum absolute atomic E-state index is 13.6. The normalized spacial score (nSPS) is 17.2. The second kappa shape index (κ2) is 4.83. The van der Waals surface area contributed by atoms with Crippen LogP contribution in [0.15, 0.2) is 18.2 Å². The molecule has 3 heteroatoms. The average molecular weight is 223 g/mol. The van der Waals surface area contributed by atoms with Crippen molar-refractivity contribution in [3.63, 3.8) is 0 Å². The number of nitrogens with two attached hydrogens (primary N) is 1. The predicted octanol–water partition coefficient (Wildman–Crippen LogP) is 3.02. The van der Waals surface area contributed by atoms with Crippen molar-refractivity contribution in [3.8, 4) is 5.75 Å². The molecular weight excluding hydrogens is 205 g/mol. The van der Waals surface area contributed by atoms with Gasteiger partial charge in [-0.3, -0.25) is 0 Å². The Hall–Kier alpha value is -1.09. The van der Waals surface area contributed by atoms with Gasteiger partial charge >= 0.3 is 0 Å². The molecule has 0 saturated heterocycles. The van der Waals surface area contributed by atoms with Crippen LogP contribution in [0, 0.1) is 11.7 Å². The fraction of sp³-hybridized carbons (Fsp3) is 0.538. The van der Waals surface area contributed by atoms with E-state index in [0.29, 0.717) is 12.4 Å². The van der Waals surface area contributed by atoms with E-state index in [4.69, 9.17) is 10.5 Å². The number of ether oxygens (including phenoxy) is 1. The molecule has 0 aliphatic heterocycles. The molecule has 1 fully saturated rings. The molecule has 2 N–H and O–H groups in total. The van der Waals surface area contributed by atoms with Crippen LogP contribution in [0.3, 0.4) is 0 Å². The van der Waals surface area contributed by atoms with Gasteiger partial charge in [0.15, 0.2) is 11.6 Å². The smallest absolute Gasteiger partial charge is 0.165 e. The zero-order valence-electron chi connectivity index (χ0n) is 9.58. The van der Waals surface area contributed by atoms with Crippen LogP contribution in [0.5, 0.6) is 5.75 Å². The summed E-state index contributed by atoms with van der Waals surface area (Å²) in [6.45, 7) is 2.45. The lowest BCUT2D eigenvalue weighted by atomic mass is 10.1. The van der Waals surface area contributed by atoms with E-state index in [1.165, 1.54) is 18.9 Å². The van der Waals surface area contributed by atoms with Gasteiger partial charge in [-0.15, -0.1) is 0 Å². The Morgan fingerprint density at radius 1 is 1.50 bits per heavy atom. The first-order valence-electron chi connectivity index (χ1n) is 5.84. The first-order chi connectivity index (χ1) is 7.66. The highest BCUT2D eigenvalue weighted by atomic mass is 19.1. The summed E-state index contributed by atoms with van der Waals surface area (Å²) in [6.07, 6.45) is 3.64. The summed E-state index contributed by atoms with van der Waals surface area (Å²) in [5, 5.41) is 0. The summed E-state index contributed by atoms with van der Waals surface area (Å²) >= 11 is 0. The summed E-state index contributed by atoms with van der Waals surface area (Å²) in [6, 6.07) is 4.80. The van der Waals surface area contributed by atoms with E-state index < -0.39 is 0 Å². The third kappa shape index (κ3) is 2.95. The minimum atomic E-state index is -0.314. The van der Waals surface area contributed by atoms with E-state index in [0.717, 1.165) is 17.9 Å². The topological polar surface area (TPSA) is 35.2 Å². The first kappa shape index (κ1) is 11.4. The molecule has 1 aromatic carbocycles. The Kier molecular flexibility index (Phi) is 3.44. The molecule has 16 heavy (non-hydrogen) atoms. The summed E-state index contributed by atoms with van der Waals surface area (Å²) < 4.78 is 19.0. The molecular formula is C13H18FNO. The van der Waals surface area contributed by atoms with Gasteiger partial charge in [-0.05, 0) is 37.0 Å². The van der Waals surface area contributed by atoms with E-state index in [-0.39, 0.29) is 11.9 Å². The van der Waals surface area contributed by atoms with Gasteiger partial charge in [-0.1, -0.05) is 18.9 Å². The zero-order valence-corrected chi connectivity index (χ0v) is 9.58. The molecule has 0 unspecified atom stereocenters. The van der Waals surface area contributed by atoms with Crippen LogP contribution >= 0.6 is 0 Å². The van der Waals surface area contributed by atoms with Crippen LogP contribution in [0.4, 0.5) is 4.39 Å². The fourth-order valence-electron chi connectivity index (χ4n) is 1.66. The first-order valence-corrected chi connectivity index (χ1v) is 5.84. The zero-order chi connectivity index (χ0) is 11.5. The molecule has 0 amide bonds. The largest absolute Gasteiger partial charge is 0.491 e. The standard InChI is InChI=1S/C13H18FNO/c1-9(15)11-4-5-13(12(14)8-11)16-7-6-10-2-3-10/h4-5,8-10H,2-3,6-7,15H2,1H3/t9-/m0/s1. The summed E-state index contributed by atoms with van der Waals surface area (Å²) in [4.78, 5) is 0. The van der Waals surface area contributed by atoms with Crippen molar-refractivity contribution in [2.45, 2.75) is 32.2 Å². The maximum Gasteiger partial charge on any atom is 0.165 e. The van der Waals surface area contributed by atoms with Crippen molar-refractivity contribution < 1.29 is 9.13 Å². The van der Waals surface area contributed by atoms with Crippen LogP contribution in [-0.2, 0) is 0 Å². The predicted molar refractivity (Wildman–Crippen MR) is 61.8 cm³/mol. The third-order valence-corrected chi connectivity index (χ3v) is 2.96. The average Bonchev–Trinajstić information content (AvgIpc) is 3.04. The lowest BCUT2D eigenvalue weighted by molar-refractivity contribution is 0.288. The van der Waals surface area contributed by atoms with E-state index in [9.17, 15) is 4.39 Å². The minimum Gasteiger partial charge on any atom is -0.491 e. The van der Waals surface area contributed by atoms with Gasteiger partial charge in [0.2, 0.25) is 0 Å². The lowest BCUT2D eigenvalue weighted by Gasteiger charge is -2.10. The van der Waals surface area contributed by atoms with E-state index in [1.54, 1.807) is 6.07 Å². The van der Waals surface area contributed by atoms with Gasteiger partial charge in [0.25, 0.3) is 0 Å². The SMILES string of the molecule is C[C@H](N)c1ccc(OCCC2CC2)c(F)c1. The van der Waals surface area contributed by atoms with Gasteiger partial charge in [0.05, 0.1) is 6.61 Å². The quantitative estimate of drug-likeness (QED) is 0.832. The summed E-state index contributed by atoms with van der Waals surface area (Å²) in [7, 11) is 0. The Labute approximate surface area is 95.6 Å². The van der Waals surface area contributed by atoms with E-state index >= 15 is 0 Å². The van der Waals surface area contributed by atoms with Gasteiger partial charge in [-0.25, -0.2) is 4.39 Å². The monoisotopic (exact) mass is 223 g/mol.